The van der Waals surface area contributed by atoms with E-state index in [1.54, 1.807) is 6.92 Å². The number of ketones is 1. The third-order valence-electron chi connectivity index (χ3n) is 1.58. The van der Waals surface area contributed by atoms with Gasteiger partial charge < -0.3 is 9.53 Å². The second kappa shape index (κ2) is 9.28. The maximum absolute atomic E-state index is 10.5. The molecular weight excluding hydrogens is 164 g/mol. The summed E-state index contributed by atoms with van der Waals surface area (Å²) in [5.74, 6) is 6.04. The summed E-state index contributed by atoms with van der Waals surface area (Å²) in [6.07, 6.45) is 3.37. The van der Waals surface area contributed by atoms with Crippen molar-refractivity contribution in [2.24, 2.45) is 0 Å². The second-order valence-electron chi connectivity index (χ2n) is 2.95. The zero-order valence-corrected chi connectivity index (χ0v) is 8.56. The van der Waals surface area contributed by atoms with Crippen LogP contribution >= 0.6 is 0 Å². The molecule has 0 aromatic heterocycles. The van der Waals surface area contributed by atoms with E-state index in [9.17, 15) is 4.79 Å². The summed E-state index contributed by atoms with van der Waals surface area (Å²) in [5, 5.41) is 0. The van der Waals surface area contributed by atoms with Gasteiger partial charge in [-0.3, -0.25) is 0 Å². The largest absolute Gasteiger partial charge is 0.381 e. The molecule has 2 nitrogen and oxygen atoms in total. The number of hydrogen-bond acceptors (Lipinski definition) is 2. The number of unbranched alkanes of at least 4 members (excludes halogenated alkanes) is 1. The topological polar surface area (TPSA) is 26.3 Å². The van der Waals surface area contributed by atoms with Crippen LogP contribution in [-0.2, 0) is 9.53 Å². The summed E-state index contributed by atoms with van der Waals surface area (Å²) in [7, 11) is 0. The van der Waals surface area contributed by atoms with Gasteiger partial charge in [-0.1, -0.05) is 0 Å². The molecule has 0 bridgehead atoms. The van der Waals surface area contributed by atoms with E-state index >= 15 is 0 Å². The van der Waals surface area contributed by atoms with Gasteiger partial charge in [0, 0.05) is 26.1 Å². The fraction of sp³-hybridized carbons (Fsp3) is 0.727. The van der Waals surface area contributed by atoms with Crippen molar-refractivity contribution in [1.29, 1.82) is 0 Å². The fourth-order valence-corrected chi connectivity index (χ4v) is 0.913. The molecule has 0 heterocycles. The van der Waals surface area contributed by atoms with Gasteiger partial charge in [0.15, 0.2) is 0 Å². The number of hydrogen-bond donors (Lipinski definition) is 0. The first-order chi connectivity index (χ1) is 6.27. The van der Waals surface area contributed by atoms with E-state index in [0.717, 1.165) is 25.9 Å². The van der Waals surface area contributed by atoms with E-state index in [1.807, 2.05) is 6.92 Å². The Morgan fingerprint density at radius 2 is 2.00 bits per heavy atom. The number of carbonyl (C=O) groups excluding carboxylic acids is 1. The minimum absolute atomic E-state index is 0.237. The average molecular weight is 182 g/mol. The molecule has 0 aliphatic carbocycles. The molecule has 0 aliphatic rings. The molecule has 0 amide bonds. The van der Waals surface area contributed by atoms with E-state index in [4.69, 9.17) is 4.74 Å². The molecule has 74 valence electrons. The molecule has 0 saturated carbocycles. The van der Waals surface area contributed by atoms with E-state index in [1.165, 1.54) is 0 Å². The molecule has 0 radical (unpaired) electrons. The van der Waals surface area contributed by atoms with Crippen LogP contribution in [0.4, 0.5) is 0 Å². The van der Waals surface area contributed by atoms with E-state index in [-0.39, 0.29) is 5.78 Å². The zero-order chi connectivity index (χ0) is 9.94. The highest BCUT2D eigenvalue weighted by molar-refractivity contribution is 5.75. The summed E-state index contributed by atoms with van der Waals surface area (Å²) < 4.78 is 5.31. The van der Waals surface area contributed by atoms with Gasteiger partial charge >= 0.3 is 0 Å². The lowest BCUT2D eigenvalue weighted by atomic mass is 10.2. The Labute approximate surface area is 80.7 Å². The SMILES string of the molecule is CC#CCCCOCCCC(C)=O. The van der Waals surface area contributed by atoms with Gasteiger partial charge in [0.25, 0.3) is 0 Å². The summed E-state index contributed by atoms with van der Waals surface area (Å²) in [5.41, 5.74) is 0. The summed E-state index contributed by atoms with van der Waals surface area (Å²) >= 11 is 0. The van der Waals surface area contributed by atoms with Gasteiger partial charge in [0.2, 0.25) is 0 Å². The molecule has 0 rings (SSSR count). The summed E-state index contributed by atoms with van der Waals surface area (Å²) in [4.78, 5) is 10.5. The third-order valence-corrected chi connectivity index (χ3v) is 1.58. The van der Waals surface area contributed by atoms with Crippen LogP contribution in [-0.4, -0.2) is 19.0 Å². The Bertz CT molecular complexity index is 186. The highest BCUT2D eigenvalue weighted by atomic mass is 16.5. The van der Waals surface area contributed by atoms with Crippen molar-refractivity contribution >= 4 is 5.78 Å². The molecule has 2 heteroatoms. The van der Waals surface area contributed by atoms with Crippen LogP contribution in [0.2, 0.25) is 0 Å². The molecule has 0 aromatic carbocycles. The molecular formula is C11H18O2. The van der Waals surface area contributed by atoms with Crippen LogP contribution in [0, 0.1) is 11.8 Å². The smallest absolute Gasteiger partial charge is 0.129 e. The first kappa shape index (κ1) is 12.2. The number of ether oxygens (including phenoxy) is 1. The lowest BCUT2D eigenvalue weighted by molar-refractivity contribution is -0.117. The number of rotatable bonds is 7. The van der Waals surface area contributed by atoms with Crippen LogP contribution < -0.4 is 0 Å². The van der Waals surface area contributed by atoms with Crippen LogP contribution in [0.25, 0.3) is 0 Å². The predicted octanol–water partition coefficient (Wildman–Crippen LogP) is 2.18. The van der Waals surface area contributed by atoms with E-state index < -0.39 is 0 Å². The average Bonchev–Trinajstić information content (AvgIpc) is 2.09. The first-order valence-corrected chi connectivity index (χ1v) is 4.74. The van der Waals surface area contributed by atoms with Crippen LogP contribution in [0.15, 0.2) is 0 Å². The van der Waals surface area contributed by atoms with E-state index in [2.05, 4.69) is 11.8 Å². The van der Waals surface area contributed by atoms with Crippen LogP contribution in [0.3, 0.4) is 0 Å². The minimum Gasteiger partial charge on any atom is -0.381 e. The van der Waals surface area contributed by atoms with Gasteiger partial charge in [-0.15, -0.1) is 11.8 Å². The lowest BCUT2D eigenvalue weighted by Crippen LogP contribution is -1.99. The molecule has 0 aliphatic heterocycles. The van der Waals surface area contributed by atoms with Gasteiger partial charge in [-0.2, -0.15) is 0 Å². The van der Waals surface area contributed by atoms with Crippen molar-refractivity contribution in [3.8, 4) is 11.8 Å². The maximum Gasteiger partial charge on any atom is 0.129 e. The van der Waals surface area contributed by atoms with Crippen LogP contribution in [0.5, 0.6) is 0 Å². The van der Waals surface area contributed by atoms with Crippen molar-refractivity contribution in [2.75, 3.05) is 13.2 Å². The summed E-state index contributed by atoms with van der Waals surface area (Å²) in [6.45, 7) is 4.90. The monoisotopic (exact) mass is 182 g/mol. The van der Waals surface area contributed by atoms with Crippen LogP contribution in [0.1, 0.15) is 39.5 Å². The van der Waals surface area contributed by atoms with Crippen molar-refractivity contribution in [1.82, 2.24) is 0 Å². The Balaban J connectivity index is 2.98. The standard InChI is InChI=1S/C11H18O2/c1-3-4-5-6-9-13-10-7-8-11(2)12/h5-10H2,1-2H3. The minimum atomic E-state index is 0.237. The second-order valence-corrected chi connectivity index (χ2v) is 2.95. The molecule has 0 aromatic rings. The molecule has 0 spiro atoms. The lowest BCUT2D eigenvalue weighted by Gasteiger charge is -2.00. The highest BCUT2D eigenvalue weighted by Gasteiger charge is 1.93. The Kier molecular flexibility index (Phi) is 8.70. The van der Waals surface area contributed by atoms with Gasteiger partial charge in [-0.05, 0) is 26.7 Å². The third kappa shape index (κ3) is 11.2. The molecule has 0 atom stereocenters. The Hall–Kier alpha value is -0.810. The van der Waals surface area contributed by atoms with Gasteiger partial charge in [-0.25, -0.2) is 0 Å². The number of Topliss-reactive ketones (excluding diaryl/α,β-unsaturated/α-hetero) is 1. The fourth-order valence-electron chi connectivity index (χ4n) is 0.913. The number of carbonyl (C=O) groups is 1. The van der Waals surface area contributed by atoms with E-state index in [0.29, 0.717) is 13.0 Å². The molecule has 0 unspecified atom stereocenters. The quantitative estimate of drug-likeness (QED) is 0.445. The maximum atomic E-state index is 10.5. The van der Waals surface area contributed by atoms with Gasteiger partial charge in [0.05, 0.1) is 0 Å². The molecule has 0 fully saturated rings. The molecule has 0 saturated heterocycles. The van der Waals surface area contributed by atoms with Gasteiger partial charge in [0.1, 0.15) is 5.78 Å². The Morgan fingerprint density at radius 3 is 2.62 bits per heavy atom. The van der Waals surface area contributed by atoms with Crippen molar-refractivity contribution in [3.05, 3.63) is 0 Å². The van der Waals surface area contributed by atoms with Crippen molar-refractivity contribution in [3.63, 3.8) is 0 Å². The molecule has 13 heavy (non-hydrogen) atoms. The highest BCUT2D eigenvalue weighted by Crippen LogP contribution is 1.93. The first-order valence-electron chi connectivity index (χ1n) is 4.74. The van der Waals surface area contributed by atoms with Crippen molar-refractivity contribution < 1.29 is 9.53 Å². The van der Waals surface area contributed by atoms with Crippen molar-refractivity contribution in [2.45, 2.75) is 39.5 Å². The predicted molar refractivity (Wildman–Crippen MR) is 53.4 cm³/mol. The Morgan fingerprint density at radius 1 is 1.31 bits per heavy atom. The normalized spacial score (nSPS) is 9.08. The molecule has 0 N–H and O–H groups in total. The summed E-state index contributed by atoms with van der Waals surface area (Å²) in [6, 6.07) is 0. The zero-order valence-electron chi connectivity index (χ0n) is 8.56.